The first-order chi connectivity index (χ1) is 9.61. The lowest BCUT2D eigenvalue weighted by atomic mass is 10.2. The minimum atomic E-state index is -1.84. The Hall–Kier alpha value is -2.63. The number of para-hydroxylation sites is 1. The average Bonchev–Trinajstić information content (AvgIpc) is 2.65. The molecule has 1 aromatic rings. The minimum Gasteiger partial charge on any atom is -0.410 e. The van der Waals surface area contributed by atoms with Crippen LogP contribution in [0.3, 0.4) is 0 Å². The first kappa shape index (κ1) is 12.4. The quantitative estimate of drug-likeness (QED) is 0.707. The number of amides is 1. The van der Waals surface area contributed by atoms with Crippen LogP contribution >= 0.6 is 0 Å². The van der Waals surface area contributed by atoms with Crippen LogP contribution in [0, 0.1) is 0 Å². The van der Waals surface area contributed by atoms with Gasteiger partial charge in [-0.15, -0.1) is 0 Å². The van der Waals surface area contributed by atoms with Crippen LogP contribution in [0.4, 0.5) is 5.69 Å². The molecule has 0 unspecified atom stereocenters. The number of benzene rings is 1. The second-order valence-electron chi connectivity index (χ2n) is 4.47. The largest absolute Gasteiger partial charge is 0.410 e. The van der Waals surface area contributed by atoms with Gasteiger partial charge in [0.15, 0.2) is 0 Å². The molecule has 0 N–H and O–H groups in total. The summed E-state index contributed by atoms with van der Waals surface area (Å²) in [6, 6.07) is 8.93. The van der Waals surface area contributed by atoms with Crippen LogP contribution in [0.5, 0.6) is 0 Å². The van der Waals surface area contributed by atoms with Crippen molar-refractivity contribution in [1.29, 1.82) is 0 Å². The summed E-state index contributed by atoms with van der Waals surface area (Å²) in [5.74, 6) is -3.92. The van der Waals surface area contributed by atoms with Crippen LogP contribution in [-0.4, -0.2) is 30.2 Å². The summed E-state index contributed by atoms with van der Waals surface area (Å²) in [7, 11) is 0. The van der Waals surface area contributed by atoms with E-state index in [1.54, 1.807) is 24.3 Å². The first-order valence-corrected chi connectivity index (χ1v) is 6.12. The van der Waals surface area contributed by atoms with Crippen molar-refractivity contribution >= 4 is 23.5 Å². The van der Waals surface area contributed by atoms with Crippen molar-refractivity contribution in [2.24, 2.45) is 0 Å². The molecule has 3 rings (SSSR count). The maximum absolute atomic E-state index is 12.5. The molecular weight excluding hydrogens is 262 g/mol. The van der Waals surface area contributed by atoms with Crippen molar-refractivity contribution in [3.63, 3.8) is 0 Å². The second-order valence-corrected chi connectivity index (χ2v) is 4.47. The number of hydrogen-bond donors (Lipinski definition) is 0. The summed E-state index contributed by atoms with van der Waals surface area (Å²) in [6.45, 7) is 0.309. The molecule has 0 aromatic heterocycles. The van der Waals surface area contributed by atoms with E-state index in [1.165, 1.54) is 4.90 Å². The fourth-order valence-electron chi connectivity index (χ4n) is 2.27. The number of anilines is 1. The smallest absolute Gasteiger partial charge is 0.339 e. The van der Waals surface area contributed by atoms with Gasteiger partial charge in [-0.3, -0.25) is 4.79 Å². The Kier molecular flexibility index (Phi) is 2.78. The molecule has 0 bridgehead atoms. The molecule has 2 heterocycles. The highest BCUT2D eigenvalue weighted by atomic mass is 16.7. The standard InChI is InChI=1S/C14H11NO5/c16-11-6-7-12(17)20-14(19-11)8-9-15(13(14)18)10-4-2-1-3-5-10/h1-7H,8-9H2. The van der Waals surface area contributed by atoms with E-state index in [0.717, 1.165) is 12.2 Å². The number of carbonyl (C=O) groups excluding carboxylic acids is 3. The molecule has 2 aliphatic rings. The van der Waals surface area contributed by atoms with Crippen LogP contribution in [0.1, 0.15) is 6.42 Å². The lowest BCUT2D eigenvalue weighted by Gasteiger charge is -2.25. The lowest BCUT2D eigenvalue weighted by Crippen LogP contribution is -2.46. The van der Waals surface area contributed by atoms with E-state index < -0.39 is 23.6 Å². The molecule has 102 valence electrons. The van der Waals surface area contributed by atoms with Crippen molar-refractivity contribution in [2.45, 2.75) is 12.2 Å². The third kappa shape index (κ3) is 1.95. The summed E-state index contributed by atoms with van der Waals surface area (Å²) in [4.78, 5) is 36.8. The maximum atomic E-state index is 12.5. The number of carbonyl (C=O) groups is 3. The van der Waals surface area contributed by atoms with Crippen molar-refractivity contribution in [1.82, 2.24) is 0 Å². The normalized spacial score (nSPS) is 20.8. The third-order valence-corrected chi connectivity index (χ3v) is 3.19. The Morgan fingerprint density at radius 1 is 0.950 bits per heavy atom. The number of nitrogens with zero attached hydrogens (tertiary/aromatic N) is 1. The fraction of sp³-hybridized carbons (Fsp3) is 0.214. The minimum absolute atomic E-state index is 0.111. The highest BCUT2D eigenvalue weighted by Crippen LogP contribution is 2.33. The predicted molar refractivity (Wildman–Crippen MR) is 67.5 cm³/mol. The SMILES string of the molecule is O=C1C=CC(=O)OC2(CCN(c3ccccc3)C2=O)O1. The zero-order chi connectivity index (χ0) is 14.2. The topological polar surface area (TPSA) is 72.9 Å². The Morgan fingerprint density at radius 3 is 2.15 bits per heavy atom. The Morgan fingerprint density at radius 2 is 1.55 bits per heavy atom. The molecule has 6 nitrogen and oxygen atoms in total. The number of rotatable bonds is 1. The number of ether oxygens (including phenoxy) is 2. The molecule has 1 aromatic carbocycles. The van der Waals surface area contributed by atoms with Gasteiger partial charge in [0.05, 0.1) is 6.42 Å². The molecule has 1 amide bonds. The van der Waals surface area contributed by atoms with E-state index in [0.29, 0.717) is 12.2 Å². The zero-order valence-electron chi connectivity index (χ0n) is 10.4. The molecule has 0 radical (unpaired) electrons. The van der Waals surface area contributed by atoms with Crippen molar-refractivity contribution in [3.8, 4) is 0 Å². The van der Waals surface area contributed by atoms with Crippen molar-refractivity contribution in [2.75, 3.05) is 11.4 Å². The maximum Gasteiger partial charge on any atom is 0.339 e. The van der Waals surface area contributed by atoms with Crippen LogP contribution in [0.15, 0.2) is 42.5 Å². The van der Waals surface area contributed by atoms with Gasteiger partial charge >= 0.3 is 23.6 Å². The molecule has 0 atom stereocenters. The molecule has 1 spiro atoms. The van der Waals surface area contributed by atoms with E-state index in [-0.39, 0.29) is 6.42 Å². The fourth-order valence-corrected chi connectivity index (χ4v) is 2.27. The van der Waals surface area contributed by atoms with Gasteiger partial charge in [0.1, 0.15) is 0 Å². The summed E-state index contributed by atoms with van der Waals surface area (Å²) in [5, 5.41) is 0. The van der Waals surface area contributed by atoms with E-state index in [1.807, 2.05) is 6.07 Å². The van der Waals surface area contributed by atoms with Gasteiger partial charge in [-0.25, -0.2) is 9.59 Å². The molecule has 1 fully saturated rings. The molecule has 0 saturated carbocycles. The number of hydrogen-bond acceptors (Lipinski definition) is 5. The second kappa shape index (κ2) is 4.48. The third-order valence-electron chi connectivity index (χ3n) is 3.19. The average molecular weight is 273 g/mol. The molecule has 20 heavy (non-hydrogen) atoms. The molecule has 1 saturated heterocycles. The van der Waals surface area contributed by atoms with Crippen LogP contribution in [-0.2, 0) is 23.9 Å². The summed E-state index contributed by atoms with van der Waals surface area (Å²) in [6.07, 6.45) is 2.02. The summed E-state index contributed by atoms with van der Waals surface area (Å²) < 4.78 is 10.1. The monoisotopic (exact) mass is 273 g/mol. The van der Waals surface area contributed by atoms with Crippen LogP contribution in [0.25, 0.3) is 0 Å². The van der Waals surface area contributed by atoms with Gasteiger partial charge in [0, 0.05) is 24.4 Å². The van der Waals surface area contributed by atoms with Gasteiger partial charge in [-0.05, 0) is 12.1 Å². The van der Waals surface area contributed by atoms with Crippen molar-refractivity contribution < 1.29 is 23.9 Å². The van der Waals surface area contributed by atoms with Gasteiger partial charge in [0.2, 0.25) is 0 Å². The Bertz CT molecular complexity index is 587. The molecule has 2 aliphatic heterocycles. The van der Waals surface area contributed by atoms with E-state index >= 15 is 0 Å². The Balaban J connectivity index is 1.92. The molecule has 6 heteroatoms. The summed E-state index contributed by atoms with van der Waals surface area (Å²) in [5.41, 5.74) is 0.665. The zero-order valence-corrected chi connectivity index (χ0v) is 10.4. The first-order valence-electron chi connectivity index (χ1n) is 6.12. The van der Waals surface area contributed by atoms with E-state index in [4.69, 9.17) is 9.47 Å². The number of esters is 2. The van der Waals surface area contributed by atoms with Gasteiger partial charge in [0.25, 0.3) is 0 Å². The van der Waals surface area contributed by atoms with Crippen LogP contribution < -0.4 is 4.90 Å². The lowest BCUT2D eigenvalue weighted by molar-refractivity contribution is -0.214. The van der Waals surface area contributed by atoms with Crippen LogP contribution in [0.2, 0.25) is 0 Å². The van der Waals surface area contributed by atoms with E-state index in [2.05, 4.69) is 0 Å². The summed E-state index contributed by atoms with van der Waals surface area (Å²) >= 11 is 0. The van der Waals surface area contributed by atoms with Gasteiger partial charge in [-0.2, -0.15) is 0 Å². The van der Waals surface area contributed by atoms with E-state index in [9.17, 15) is 14.4 Å². The van der Waals surface area contributed by atoms with Crippen molar-refractivity contribution in [3.05, 3.63) is 42.5 Å². The highest BCUT2D eigenvalue weighted by Gasteiger charge is 2.54. The Labute approximate surface area is 114 Å². The molecular formula is C14H11NO5. The molecule has 0 aliphatic carbocycles. The predicted octanol–water partition coefficient (Wildman–Crippen LogP) is 0.776. The highest BCUT2D eigenvalue weighted by molar-refractivity contribution is 6.05. The van der Waals surface area contributed by atoms with Gasteiger partial charge < -0.3 is 14.4 Å². The van der Waals surface area contributed by atoms with Gasteiger partial charge in [-0.1, -0.05) is 18.2 Å².